The molecule has 0 saturated carbocycles. The molecule has 0 fully saturated rings. The molecule has 3 unspecified atom stereocenters. The van der Waals surface area contributed by atoms with Gasteiger partial charge < -0.3 is 0 Å². The molecule has 0 aromatic carbocycles. The molecule has 0 heterocycles. The number of rotatable bonds is 3. The summed E-state index contributed by atoms with van der Waals surface area (Å²) < 4.78 is 0. The molecule has 0 aliphatic rings. The van der Waals surface area contributed by atoms with Crippen molar-refractivity contribution in [3.8, 4) is 0 Å². The highest BCUT2D eigenvalue weighted by atomic mass is 31.0. The van der Waals surface area contributed by atoms with Gasteiger partial charge in [0.25, 0.3) is 0 Å². The Bertz CT molecular complexity index is 69.0. The first-order valence-corrected chi connectivity index (χ1v) is 4.51. The van der Waals surface area contributed by atoms with E-state index in [0.29, 0.717) is 0 Å². The predicted octanol–water partition coefficient (Wildman–Crippen LogP) is 2.93. The summed E-state index contributed by atoms with van der Waals surface area (Å²) in [5.41, 5.74) is 0.810. The molecule has 0 amide bonds. The molecule has 0 bridgehead atoms. The van der Waals surface area contributed by atoms with E-state index in [-0.39, 0.29) is 0 Å². The first kappa shape index (κ1) is 9.43. The van der Waals surface area contributed by atoms with Crippen molar-refractivity contribution in [2.24, 2.45) is 11.8 Å². The molecule has 56 valence electrons. The molecule has 0 aliphatic heterocycles. The van der Waals surface area contributed by atoms with Crippen LogP contribution in [-0.2, 0) is 0 Å². The van der Waals surface area contributed by atoms with Crippen LogP contribution in [0.1, 0.15) is 34.1 Å². The van der Waals surface area contributed by atoms with Gasteiger partial charge in [0.2, 0.25) is 0 Å². The summed E-state index contributed by atoms with van der Waals surface area (Å²) in [5.74, 6) is 1.67. The average molecular weight is 146 g/mol. The maximum Gasteiger partial charge on any atom is -0.0239 e. The van der Waals surface area contributed by atoms with Gasteiger partial charge in [-0.25, -0.2) is 0 Å². The third-order valence-corrected chi connectivity index (χ3v) is 3.28. The van der Waals surface area contributed by atoms with Gasteiger partial charge in [-0.15, -0.1) is 9.24 Å². The summed E-state index contributed by atoms with van der Waals surface area (Å²) in [6.45, 7) is 9.15. The summed E-state index contributed by atoms with van der Waals surface area (Å²) in [6, 6.07) is 0. The van der Waals surface area contributed by atoms with E-state index in [1.54, 1.807) is 0 Å². The van der Waals surface area contributed by atoms with Crippen molar-refractivity contribution in [1.82, 2.24) is 0 Å². The van der Waals surface area contributed by atoms with Gasteiger partial charge in [0, 0.05) is 0 Å². The molecule has 0 aromatic rings. The van der Waals surface area contributed by atoms with Gasteiger partial charge in [-0.1, -0.05) is 27.7 Å². The molecule has 0 radical (unpaired) electrons. The van der Waals surface area contributed by atoms with Gasteiger partial charge in [-0.05, 0) is 23.9 Å². The third-order valence-electron chi connectivity index (χ3n) is 2.20. The van der Waals surface area contributed by atoms with Crippen molar-refractivity contribution in [1.29, 1.82) is 0 Å². The van der Waals surface area contributed by atoms with Crippen LogP contribution in [0.15, 0.2) is 0 Å². The van der Waals surface area contributed by atoms with Crippen LogP contribution in [0.5, 0.6) is 0 Å². The molecule has 0 spiro atoms. The zero-order chi connectivity index (χ0) is 7.44. The quantitative estimate of drug-likeness (QED) is 0.537. The number of hydrogen-bond acceptors (Lipinski definition) is 0. The van der Waals surface area contributed by atoms with Crippen molar-refractivity contribution in [2.75, 3.05) is 0 Å². The van der Waals surface area contributed by atoms with Crippen LogP contribution in [0.2, 0.25) is 0 Å². The van der Waals surface area contributed by atoms with Gasteiger partial charge in [0.1, 0.15) is 0 Å². The predicted molar refractivity (Wildman–Crippen MR) is 47.8 cm³/mol. The normalized spacial score (nSPS) is 18.0. The summed E-state index contributed by atoms with van der Waals surface area (Å²) in [6.07, 6.45) is 1.28. The smallest absolute Gasteiger partial charge is 0.0239 e. The second-order valence-electron chi connectivity index (χ2n) is 3.18. The Kier molecular flexibility index (Phi) is 4.48. The molecule has 3 atom stereocenters. The van der Waals surface area contributed by atoms with E-state index in [1.807, 2.05) is 0 Å². The van der Waals surface area contributed by atoms with Gasteiger partial charge in [-0.3, -0.25) is 0 Å². The average Bonchev–Trinajstić information content (AvgIpc) is 1.84. The monoisotopic (exact) mass is 146 g/mol. The maximum absolute atomic E-state index is 2.92. The minimum atomic E-state index is 0.810. The van der Waals surface area contributed by atoms with Gasteiger partial charge >= 0.3 is 0 Å². The fraction of sp³-hybridized carbons (Fsp3) is 1.00. The Balaban J connectivity index is 3.58. The SMILES string of the molecule is CCC(P)C(C)C(C)C. The maximum atomic E-state index is 2.92. The third kappa shape index (κ3) is 3.20. The van der Waals surface area contributed by atoms with Crippen LogP contribution in [0.3, 0.4) is 0 Å². The van der Waals surface area contributed by atoms with E-state index < -0.39 is 0 Å². The lowest BCUT2D eigenvalue weighted by molar-refractivity contribution is 0.399. The van der Waals surface area contributed by atoms with Crippen LogP contribution < -0.4 is 0 Å². The molecule has 9 heavy (non-hydrogen) atoms. The molecule has 1 heteroatoms. The molecule has 0 saturated heterocycles. The highest BCUT2D eigenvalue weighted by Gasteiger charge is 2.12. The Morgan fingerprint density at radius 3 is 1.78 bits per heavy atom. The van der Waals surface area contributed by atoms with Crippen molar-refractivity contribution in [3.05, 3.63) is 0 Å². The van der Waals surface area contributed by atoms with Crippen LogP contribution in [0.4, 0.5) is 0 Å². The standard InChI is InChI=1S/C8H19P/c1-5-8(9)7(4)6(2)3/h6-8H,5,9H2,1-4H3. The van der Waals surface area contributed by atoms with Gasteiger partial charge in [-0.2, -0.15) is 0 Å². The van der Waals surface area contributed by atoms with E-state index in [1.165, 1.54) is 6.42 Å². The van der Waals surface area contributed by atoms with Gasteiger partial charge in [0.05, 0.1) is 0 Å². The Hall–Kier alpha value is 0.430. The lowest BCUT2D eigenvalue weighted by Gasteiger charge is -2.21. The van der Waals surface area contributed by atoms with Crippen molar-refractivity contribution in [2.45, 2.75) is 39.8 Å². The number of hydrogen-bond donors (Lipinski definition) is 0. The second-order valence-corrected chi connectivity index (χ2v) is 4.03. The fourth-order valence-electron chi connectivity index (χ4n) is 0.866. The molecule has 0 aromatic heterocycles. The van der Waals surface area contributed by atoms with E-state index in [4.69, 9.17) is 0 Å². The summed E-state index contributed by atoms with van der Waals surface area (Å²) in [7, 11) is 2.92. The molecule has 0 N–H and O–H groups in total. The van der Waals surface area contributed by atoms with Crippen LogP contribution >= 0.6 is 9.24 Å². The first-order chi connectivity index (χ1) is 4.09. The minimum Gasteiger partial charge on any atom is -0.134 e. The van der Waals surface area contributed by atoms with Crippen molar-refractivity contribution in [3.63, 3.8) is 0 Å². The van der Waals surface area contributed by atoms with Crippen LogP contribution in [0, 0.1) is 11.8 Å². The summed E-state index contributed by atoms with van der Waals surface area (Å²) in [5, 5.41) is 0. The highest BCUT2D eigenvalue weighted by Crippen LogP contribution is 2.22. The van der Waals surface area contributed by atoms with Gasteiger partial charge in [0.15, 0.2) is 0 Å². The zero-order valence-corrected chi connectivity index (χ0v) is 8.17. The van der Waals surface area contributed by atoms with E-state index in [2.05, 4.69) is 36.9 Å². The van der Waals surface area contributed by atoms with E-state index in [9.17, 15) is 0 Å². The zero-order valence-electron chi connectivity index (χ0n) is 7.02. The Labute approximate surface area is 61.6 Å². The first-order valence-electron chi connectivity index (χ1n) is 3.85. The Morgan fingerprint density at radius 2 is 1.67 bits per heavy atom. The second kappa shape index (κ2) is 4.28. The highest BCUT2D eigenvalue weighted by molar-refractivity contribution is 7.17. The largest absolute Gasteiger partial charge is 0.134 e. The summed E-state index contributed by atoms with van der Waals surface area (Å²) in [4.78, 5) is 0. The lowest BCUT2D eigenvalue weighted by Crippen LogP contribution is -2.15. The topological polar surface area (TPSA) is 0 Å². The van der Waals surface area contributed by atoms with E-state index >= 15 is 0 Å². The summed E-state index contributed by atoms with van der Waals surface area (Å²) >= 11 is 0. The minimum absolute atomic E-state index is 0.810. The molecule has 0 nitrogen and oxygen atoms in total. The van der Waals surface area contributed by atoms with Crippen LogP contribution in [0.25, 0.3) is 0 Å². The molecule has 0 rings (SSSR count). The molecule has 0 aliphatic carbocycles. The van der Waals surface area contributed by atoms with Crippen molar-refractivity contribution < 1.29 is 0 Å². The fourth-order valence-corrected chi connectivity index (χ4v) is 1.31. The van der Waals surface area contributed by atoms with Crippen LogP contribution in [-0.4, -0.2) is 5.66 Å². The molecular formula is C8H19P. The van der Waals surface area contributed by atoms with E-state index in [0.717, 1.165) is 17.5 Å². The Morgan fingerprint density at radius 1 is 1.22 bits per heavy atom. The van der Waals surface area contributed by atoms with Crippen molar-refractivity contribution >= 4 is 9.24 Å². The lowest BCUT2D eigenvalue weighted by atomic mass is 9.93. The molecular weight excluding hydrogens is 127 g/mol.